The minimum absolute atomic E-state index is 0.0883. The van der Waals surface area contributed by atoms with Crippen LogP contribution in [-0.2, 0) is 16.2 Å². The second-order valence-electron chi connectivity index (χ2n) is 9.67. The van der Waals surface area contributed by atoms with Crippen LogP contribution in [0.25, 0.3) is 16.5 Å². The Balaban J connectivity index is 1.59. The van der Waals surface area contributed by atoms with Crippen molar-refractivity contribution in [2.45, 2.75) is 12.6 Å². The standard InChI is InChI=1S/C32H30N2O4/c1-33(2)18-19-34-29(24-14-8-15-25(20-24)38-21-22-10-4-3-5-11-22)28(31(36)32(34)37)30(35)27-17-9-13-23-12-6-7-16-26(23)27/h3-17,20,29,35H,18-19,21H2,1-2H3/b30-28-. The summed E-state index contributed by atoms with van der Waals surface area (Å²) in [7, 11) is 3.83. The van der Waals surface area contributed by atoms with Gasteiger partial charge in [0.2, 0.25) is 0 Å². The van der Waals surface area contributed by atoms with Crippen LogP contribution in [0.1, 0.15) is 22.7 Å². The topological polar surface area (TPSA) is 70.1 Å². The molecule has 0 radical (unpaired) electrons. The molecule has 0 aliphatic carbocycles. The smallest absolute Gasteiger partial charge is 0.295 e. The fraction of sp³-hybridized carbons (Fsp3) is 0.188. The first kappa shape index (κ1) is 25.2. The maximum atomic E-state index is 13.4. The number of rotatable bonds is 8. The van der Waals surface area contributed by atoms with E-state index in [4.69, 9.17) is 4.74 Å². The molecule has 0 saturated carbocycles. The minimum Gasteiger partial charge on any atom is -0.507 e. The zero-order valence-electron chi connectivity index (χ0n) is 21.5. The molecule has 5 rings (SSSR count). The van der Waals surface area contributed by atoms with E-state index < -0.39 is 17.7 Å². The fourth-order valence-corrected chi connectivity index (χ4v) is 4.86. The summed E-state index contributed by atoms with van der Waals surface area (Å²) in [4.78, 5) is 30.2. The molecule has 1 fully saturated rings. The molecular weight excluding hydrogens is 476 g/mol. The monoisotopic (exact) mass is 506 g/mol. The minimum atomic E-state index is -0.741. The number of aliphatic hydroxyl groups excluding tert-OH is 1. The van der Waals surface area contributed by atoms with E-state index in [1.807, 2.05) is 110 Å². The number of fused-ring (bicyclic) bond motifs is 1. The van der Waals surface area contributed by atoms with E-state index in [1.54, 1.807) is 11.0 Å². The van der Waals surface area contributed by atoms with Crippen molar-refractivity contribution < 1.29 is 19.4 Å². The van der Waals surface area contributed by atoms with Crippen LogP contribution in [0.4, 0.5) is 0 Å². The van der Waals surface area contributed by atoms with E-state index in [1.165, 1.54) is 0 Å². The Hall–Kier alpha value is -4.42. The van der Waals surface area contributed by atoms with Crippen molar-refractivity contribution in [3.05, 3.63) is 119 Å². The molecule has 1 amide bonds. The van der Waals surface area contributed by atoms with Gasteiger partial charge in [-0.1, -0.05) is 84.9 Å². The summed E-state index contributed by atoms with van der Waals surface area (Å²) < 4.78 is 6.04. The Bertz CT molecular complexity index is 1510. The van der Waals surface area contributed by atoms with Crippen LogP contribution in [-0.4, -0.2) is 53.8 Å². The van der Waals surface area contributed by atoms with Crippen LogP contribution in [0.2, 0.25) is 0 Å². The zero-order chi connectivity index (χ0) is 26.6. The molecule has 0 aromatic heterocycles. The number of hydrogen-bond acceptors (Lipinski definition) is 5. The van der Waals surface area contributed by atoms with Gasteiger partial charge in [-0.15, -0.1) is 0 Å². The second kappa shape index (κ2) is 10.9. The van der Waals surface area contributed by atoms with Crippen molar-refractivity contribution >= 4 is 28.2 Å². The van der Waals surface area contributed by atoms with Gasteiger partial charge in [0.25, 0.3) is 11.7 Å². The number of ether oxygens (including phenoxy) is 1. The number of benzene rings is 4. The molecule has 6 heteroatoms. The van der Waals surface area contributed by atoms with Gasteiger partial charge in [-0.3, -0.25) is 9.59 Å². The van der Waals surface area contributed by atoms with Crippen LogP contribution >= 0.6 is 0 Å². The molecule has 4 aromatic carbocycles. The number of carbonyl (C=O) groups excluding carboxylic acids is 2. The molecule has 0 spiro atoms. The first-order valence-corrected chi connectivity index (χ1v) is 12.6. The van der Waals surface area contributed by atoms with E-state index in [0.29, 0.717) is 36.6 Å². The van der Waals surface area contributed by atoms with E-state index in [0.717, 1.165) is 16.3 Å². The van der Waals surface area contributed by atoms with Gasteiger partial charge in [0.1, 0.15) is 18.1 Å². The summed E-state index contributed by atoms with van der Waals surface area (Å²) in [5, 5.41) is 13.3. The van der Waals surface area contributed by atoms with Crippen LogP contribution in [0.3, 0.4) is 0 Å². The summed E-state index contributed by atoms with van der Waals surface area (Å²) in [5.74, 6) is -0.855. The second-order valence-corrected chi connectivity index (χ2v) is 9.67. The summed E-state index contributed by atoms with van der Waals surface area (Å²) in [5.41, 5.74) is 2.35. The van der Waals surface area contributed by atoms with Gasteiger partial charge in [-0.05, 0) is 48.1 Å². The molecule has 192 valence electrons. The number of ketones is 1. The zero-order valence-corrected chi connectivity index (χ0v) is 21.5. The summed E-state index contributed by atoms with van der Waals surface area (Å²) in [6.07, 6.45) is 0. The third-order valence-electron chi connectivity index (χ3n) is 6.79. The van der Waals surface area contributed by atoms with Crippen molar-refractivity contribution in [3.63, 3.8) is 0 Å². The largest absolute Gasteiger partial charge is 0.507 e. The number of nitrogens with zero attached hydrogens (tertiary/aromatic N) is 2. The fourth-order valence-electron chi connectivity index (χ4n) is 4.86. The lowest BCUT2D eigenvalue weighted by Crippen LogP contribution is -2.35. The Morgan fingerprint density at radius 1 is 0.895 bits per heavy atom. The third-order valence-corrected chi connectivity index (χ3v) is 6.79. The molecule has 1 N–H and O–H groups in total. The van der Waals surface area contributed by atoms with Crippen molar-refractivity contribution in [2.75, 3.05) is 27.2 Å². The lowest BCUT2D eigenvalue weighted by Gasteiger charge is -2.27. The number of carbonyl (C=O) groups is 2. The van der Waals surface area contributed by atoms with Gasteiger partial charge in [-0.2, -0.15) is 0 Å². The van der Waals surface area contributed by atoms with Crippen LogP contribution in [0, 0.1) is 0 Å². The number of likely N-dealkylation sites (tertiary alicyclic amines) is 1. The van der Waals surface area contributed by atoms with E-state index in [2.05, 4.69) is 0 Å². The van der Waals surface area contributed by atoms with Crippen LogP contribution in [0.15, 0.2) is 103 Å². The van der Waals surface area contributed by atoms with Gasteiger partial charge in [0.15, 0.2) is 0 Å². The molecule has 1 aliphatic heterocycles. The maximum Gasteiger partial charge on any atom is 0.295 e. The van der Waals surface area contributed by atoms with Crippen molar-refractivity contribution in [3.8, 4) is 5.75 Å². The van der Waals surface area contributed by atoms with Gasteiger partial charge < -0.3 is 19.6 Å². The number of amides is 1. The SMILES string of the molecule is CN(C)CCN1C(=O)C(=O)/C(=C(\O)c2cccc3ccccc23)C1c1cccc(OCc2ccccc2)c1. The molecule has 6 nitrogen and oxygen atoms in total. The highest BCUT2D eigenvalue weighted by molar-refractivity contribution is 6.46. The Morgan fingerprint density at radius 3 is 2.39 bits per heavy atom. The Kier molecular flexibility index (Phi) is 7.24. The number of likely N-dealkylation sites (N-methyl/N-ethyl adjacent to an activating group) is 1. The molecule has 1 unspecified atom stereocenters. The van der Waals surface area contributed by atoms with Crippen molar-refractivity contribution in [2.24, 2.45) is 0 Å². The normalized spacial score (nSPS) is 16.9. The highest BCUT2D eigenvalue weighted by Gasteiger charge is 2.46. The number of aliphatic hydroxyl groups is 1. The molecule has 38 heavy (non-hydrogen) atoms. The molecule has 1 atom stereocenters. The molecule has 4 aromatic rings. The number of Topliss-reactive ketones (excluding diaryl/α,β-unsaturated/α-hetero) is 1. The molecule has 1 saturated heterocycles. The van der Waals surface area contributed by atoms with E-state index in [9.17, 15) is 14.7 Å². The van der Waals surface area contributed by atoms with Crippen LogP contribution in [0.5, 0.6) is 5.75 Å². The van der Waals surface area contributed by atoms with Gasteiger partial charge in [0.05, 0.1) is 11.6 Å². The molecule has 1 heterocycles. The first-order chi connectivity index (χ1) is 18.4. The molecule has 0 bridgehead atoms. The van der Waals surface area contributed by atoms with E-state index >= 15 is 0 Å². The van der Waals surface area contributed by atoms with E-state index in [-0.39, 0.29) is 11.3 Å². The van der Waals surface area contributed by atoms with Gasteiger partial charge in [0, 0.05) is 18.7 Å². The maximum absolute atomic E-state index is 13.4. The third kappa shape index (κ3) is 5.04. The molecular formula is C32H30N2O4. The lowest BCUT2D eigenvalue weighted by atomic mass is 9.93. The summed E-state index contributed by atoms with van der Waals surface area (Å²) in [6, 6.07) is 29.8. The van der Waals surface area contributed by atoms with Crippen LogP contribution < -0.4 is 4.74 Å². The predicted molar refractivity (Wildman–Crippen MR) is 149 cm³/mol. The predicted octanol–water partition coefficient (Wildman–Crippen LogP) is 5.40. The highest BCUT2D eigenvalue weighted by Crippen LogP contribution is 2.41. The highest BCUT2D eigenvalue weighted by atomic mass is 16.5. The van der Waals surface area contributed by atoms with Gasteiger partial charge in [-0.25, -0.2) is 0 Å². The van der Waals surface area contributed by atoms with Gasteiger partial charge >= 0.3 is 0 Å². The Morgan fingerprint density at radius 2 is 1.61 bits per heavy atom. The summed E-state index contributed by atoms with van der Waals surface area (Å²) >= 11 is 0. The van der Waals surface area contributed by atoms with Crippen molar-refractivity contribution in [1.29, 1.82) is 0 Å². The average Bonchev–Trinajstić information content (AvgIpc) is 3.20. The number of hydrogen-bond donors (Lipinski definition) is 1. The first-order valence-electron chi connectivity index (χ1n) is 12.6. The lowest BCUT2D eigenvalue weighted by molar-refractivity contribution is -0.140. The Labute approximate surface area is 222 Å². The molecule has 1 aliphatic rings. The quantitative estimate of drug-likeness (QED) is 0.197. The van der Waals surface area contributed by atoms with Crippen molar-refractivity contribution in [1.82, 2.24) is 9.80 Å². The summed E-state index contributed by atoms with van der Waals surface area (Å²) in [6.45, 7) is 1.30. The average molecular weight is 507 g/mol.